The summed E-state index contributed by atoms with van der Waals surface area (Å²) in [4.78, 5) is 0. The summed E-state index contributed by atoms with van der Waals surface area (Å²) in [5.41, 5.74) is 0.457. The van der Waals surface area contributed by atoms with Crippen LogP contribution in [0, 0.1) is 5.41 Å². The highest BCUT2D eigenvalue weighted by Crippen LogP contribution is 2.15. The van der Waals surface area contributed by atoms with Gasteiger partial charge in [-0.25, -0.2) is 0 Å². The van der Waals surface area contributed by atoms with Gasteiger partial charge in [-0.1, -0.05) is 20.8 Å². The predicted octanol–water partition coefficient (Wildman–Crippen LogP) is -1.26. The van der Waals surface area contributed by atoms with Gasteiger partial charge in [-0.15, -0.1) is 0 Å². The number of hydrogen-bond acceptors (Lipinski definition) is 0. The molecule has 2 heteroatoms. The van der Waals surface area contributed by atoms with Crippen LogP contribution in [0.5, 0.6) is 0 Å². The zero-order valence-corrected chi connectivity index (χ0v) is 8.03. The van der Waals surface area contributed by atoms with Gasteiger partial charge in [-0.2, -0.15) is 0 Å². The predicted molar refractivity (Wildman–Crippen MR) is 42.4 cm³/mol. The largest absolute Gasteiger partial charge is 1.00 e. The van der Waals surface area contributed by atoms with Crippen LogP contribution >= 0.6 is 0 Å². The van der Waals surface area contributed by atoms with E-state index in [-0.39, 0.29) is 4.70 Å². The second-order valence-electron chi connectivity index (χ2n) is 5.01. The Morgan fingerprint density at radius 1 is 1.00 bits per heavy atom. The Hall–Kier alpha value is -0.110. The van der Waals surface area contributed by atoms with Gasteiger partial charge in [-0.05, 0) is 0 Å². The van der Waals surface area contributed by atoms with E-state index in [1.165, 1.54) is 6.54 Å². The van der Waals surface area contributed by atoms with Crippen LogP contribution in [-0.2, 0) is 0 Å². The first kappa shape index (κ1) is 12.6. The van der Waals surface area contributed by atoms with E-state index in [4.69, 9.17) is 0 Å². The molecule has 0 fully saturated rings. The zero-order valence-electron chi connectivity index (χ0n) is 8.03. The molecule has 10 heavy (non-hydrogen) atoms. The quantitative estimate of drug-likeness (QED) is 0.408. The lowest BCUT2D eigenvalue weighted by Gasteiger charge is -2.31. The molecule has 0 atom stereocenters. The van der Waals surface area contributed by atoms with E-state index in [9.17, 15) is 0 Å². The molecule has 0 aromatic heterocycles. The Kier molecular flexibility index (Phi) is 4.18. The number of rotatable bonds is 1. The van der Waals surface area contributed by atoms with Crippen molar-refractivity contribution in [3.05, 3.63) is 0 Å². The number of hydrogen-bond donors (Lipinski definition) is 0. The van der Waals surface area contributed by atoms with Crippen LogP contribution < -0.4 is 4.70 Å². The first-order valence-electron chi connectivity index (χ1n) is 3.51. The van der Waals surface area contributed by atoms with Crippen molar-refractivity contribution in [2.45, 2.75) is 20.8 Å². The van der Waals surface area contributed by atoms with Crippen LogP contribution in [0.3, 0.4) is 0 Å². The van der Waals surface area contributed by atoms with Crippen LogP contribution in [0.15, 0.2) is 0 Å². The molecule has 0 bridgehead atoms. The van der Waals surface area contributed by atoms with E-state index in [0.29, 0.717) is 5.41 Å². The van der Waals surface area contributed by atoms with Gasteiger partial charge < -0.3 is 9.19 Å². The molecule has 0 radical (unpaired) electrons. The molecule has 0 aliphatic rings. The molecule has 0 aromatic rings. The van der Waals surface area contributed by atoms with Gasteiger partial charge in [0.05, 0.1) is 27.7 Å². The topological polar surface area (TPSA) is 0 Å². The van der Waals surface area contributed by atoms with E-state index in [2.05, 4.69) is 41.9 Å². The molecule has 0 saturated carbocycles. The first-order valence-corrected chi connectivity index (χ1v) is 3.51. The molecule has 0 spiro atoms. The van der Waals surface area contributed by atoms with Crippen molar-refractivity contribution < 1.29 is 9.19 Å². The molecule has 0 saturated heterocycles. The smallest absolute Gasteiger partial charge is 0.0829 e. The Bertz CT molecular complexity index is 74.4. The van der Waals surface area contributed by atoms with Crippen molar-refractivity contribution in [3.63, 3.8) is 0 Å². The zero-order chi connectivity index (χ0) is 7.71. The summed E-state index contributed by atoms with van der Waals surface area (Å²) in [6, 6.07) is 0. The van der Waals surface area contributed by atoms with Crippen LogP contribution in [0.2, 0.25) is 0 Å². The van der Waals surface area contributed by atoms with Gasteiger partial charge in [0, 0.05) is 5.41 Å². The van der Waals surface area contributed by atoms with Crippen molar-refractivity contribution in [2.75, 3.05) is 27.7 Å². The van der Waals surface area contributed by atoms with Crippen molar-refractivity contribution >= 4 is 0 Å². The Morgan fingerprint density at radius 2 is 1.30 bits per heavy atom. The monoisotopic (exact) mass is 149 g/mol. The highest BCUT2D eigenvalue weighted by molar-refractivity contribution is 4.58. The van der Waals surface area contributed by atoms with Gasteiger partial charge >= 0.3 is 0 Å². The summed E-state index contributed by atoms with van der Waals surface area (Å²) < 4.78 is 1.06. The summed E-state index contributed by atoms with van der Waals surface area (Å²) in [5, 5.41) is 0. The van der Waals surface area contributed by atoms with Crippen LogP contribution in [0.1, 0.15) is 20.8 Å². The van der Waals surface area contributed by atoms with Crippen LogP contribution in [0.4, 0.5) is 0 Å². The van der Waals surface area contributed by atoms with Crippen molar-refractivity contribution in [3.8, 4) is 0 Å². The summed E-state index contributed by atoms with van der Waals surface area (Å²) >= 11 is 0. The fourth-order valence-electron chi connectivity index (χ4n) is 1.42. The minimum Gasteiger partial charge on any atom is -1.00 e. The van der Waals surface area contributed by atoms with E-state index < -0.39 is 0 Å². The number of halogens is 1. The van der Waals surface area contributed by atoms with Crippen molar-refractivity contribution in [1.82, 2.24) is 0 Å². The average molecular weight is 149 g/mol. The lowest BCUT2D eigenvalue weighted by molar-refractivity contribution is -0.876. The Labute approximate surface area is 64.0 Å². The average Bonchev–Trinajstić information content (AvgIpc) is 1.14. The molecule has 0 unspecified atom stereocenters. The third-order valence-corrected chi connectivity index (χ3v) is 0.949. The third-order valence-electron chi connectivity index (χ3n) is 0.949. The van der Waals surface area contributed by atoms with E-state index in [1.54, 1.807) is 0 Å². The third kappa shape index (κ3) is 10.8. The normalized spacial score (nSPS) is 12.6. The summed E-state index contributed by atoms with van der Waals surface area (Å²) in [5.74, 6) is 0. The highest BCUT2D eigenvalue weighted by atomic mass is 19.0. The molecule has 0 heterocycles. The molecule has 64 valence electrons. The molecule has 0 aliphatic carbocycles. The second kappa shape index (κ2) is 3.33. The van der Waals surface area contributed by atoms with Gasteiger partial charge in [0.25, 0.3) is 0 Å². The van der Waals surface area contributed by atoms with E-state index in [0.717, 1.165) is 4.48 Å². The number of nitrogens with zero attached hydrogens (tertiary/aromatic N) is 1. The molecule has 0 amide bonds. The summed E-state index contributed by atoms with van der Waals surface area (Å²) in [6.45, 7) is 8.05. The van der Waals surface area contributed by atoms with E-state index in [1.807, 2.05) is 0 Å². The van der Waals surface area contributed by atoms with Crippen molar-refractivity contribution in [1.29, 1.82) is 0 Å². The van der Waals surface area contributed by atoms with Gasteiger partial charge in [0.1, 0.15) is 0 Å². The first-order chi connectivity index (χ1) is 3.71. The minimum atomic E-state index is 0. The molecule has 0 aromatic carbocycles. The van der Waals surface area contributed by atoms with Crippen molar-refractivity contribution in [2.24, 2.45) is 5.41 Å². The van der Waals surface area contributed by atoms with Crippen LogP contribution in [0.25, 0.3) is 0 Å². The maximum Gasteiger partial charge on any atom is 0.0829 e. The molecular weight excluding hydrogens is 129 g/mol. The standard InChI is InChI=1S/C8H20N.FH/c1-8(2,3)7-9(4,5)6;/h7H2,1-6H3;1H/q+1;/p-1. The van der Waals surface area contributed by atoms with Gasteiger partial charge in [0.15, 0.2) is 0 Å². The molecule has 0 aliphatic heterocycles. The SMILES string of the molecule is CC(C)(C)C[N+](C)(C)C.[F-]. The highest BCUT2D eigenvalue weighted by Gasteiger charge is 2.19. The summed E-state index contributed by atoms with van der Waals surface area (Å²) in [7, 11) is 6.68. The lowest BCUT2D eigenvalue weighted by atomic mass is 9.96. The van der Waals surface area contributed by atoms with Gasteiger partial charge in [0.2, 0.25) is 0 Å². The van der Waals surface area contributed by atoms with E-state index >= 15 is 0 Å². The Balaban J connectivity index is 0. The molecule has 1 nitrogen and oxygen atoms in total. The molecule has 0 rings (SSSR count). The number of quaternary nitrogens is 1. The maximum atomic E-state index is 2.27. The molecular formula is C8H20FN. The minimum absolute atomic E-state index is 0. The fraction of sp³-hybridized carbons (Fsp3) is 1.00. The lowest BCUT2D eigenvalue weighted by Crippen LogP contribution is -3.00. The maximum absolute atomic E-state index is 2.27. The van der Waals surface area contributed by atoms with Crippen LogP contribution in [-0.4, -0.2) is 32.2 Å². The van der Waals surface area contributed by atoms with Gasteiger partial charge in [-0.3, -0.25) is 0 Å². The fourth-order valence-corrected chi connectivity index (χ4v) is 1.42. The summed E-state index contributed by atoms with van der Waals surface area (Å²) in [6.07, 6.45) is 0. The molecule has 0 N–H and O–H groups in total. The Morgan fingerprint density at radius 3 is 1.30 bits per heavy atom. The second-order valence-corrected chi connectivity index (χ2v) is 5.01.